The number of benzene rings is 7. The highest BCUT2D eigenvalue weighted by molar-refractivity contribution is 7.62. The van der Waals surface area contributed by atoms with Gasteiger partial charge >= 0.3 is 7.80 Å². The first-order valence-corrected chi connectivity index (χ1v) is 18.1. The average Bonchev–Trinajstić information content (AvgIpc) is 3.91. The first kappa shape index (κ1) is 27.8. The van der Waals surface area contributed by atoms with Crippen molar-refractivity contribution in [1.29, 1.82) is 0 Å². The number of fused-ring (bicyclic) bond motifs is 12. The van der Waals surface area contributed by atoms with Crippen LogP contribution >= 0.6 is 7.80 Å². The highest BCUT2D eigenvalue weighted by atomic mass is 31.1. The summed E-state index contributed by atoms with van der Waals surface area (Å²) in [5.41, 5.74) is 11.6. The molecule has 5 nitrogen and oxygen atoms in total. The fourth-order valence-corrected chi connectivity index (χ4v) is 9.96. The molecule has 6 heteroatoms. The molecule has 1 unspecified atom stereocenters. The van der Waals surface area contributed by atoms with Crippen LogP contribution in [0.2, 0.25) is 0 Å². The zero-order chi connectivity index (χ0) is 33.2. The van der Waals surface area contributed by atoms with Crippen LogP contribution < -0.4 is 32.0 Å². The molecule has 4 heterocycles. The van der Waals surface area contributed by atoms with Gasteiger partial charge in [0, 0.05) is 48.7 Å². The van der Waals surface area contributed by atoms with Crippen LogP contribution in [0.4, 0.5) is 22.7 Å². The van der Waals surface area contributed by atoms with E-state index in [1.807, 2.05) is 42.5 Å². The second-order valence-corrected chi connectivity index (χ2v) is 14.8. The Morgan fingerprint density at radius 3 is 1.62 bits per heavy atom. The van der Waals surface area contributed by atoms with Gasteiger partial charge in [-0.1, -0.05) is 65.2 Å². The van der Waals surface area contributed by atoms with Crippen molar-refractivity contribution in [1.82, 2.24) is 0 Å². The molecule has 4 aliphatic rings. The number of para-hydroxylation sites is 2. The van der Waals surface area contributed by atoms with Crippen LogP contribution in [0.1, 0.15) is 11.1 Å². The van der Waals surface area contributed by atoms with Crippen LogP contribution in [-0.2, 0) is 4.57 Å². The Kier molecular flexibility index (Phi) is 5.52. The maximum Gasteiger partial charge on any atom is 0.416 e. The molecular weight excluding hydrogens is 631 g/mol. The normalized spacial score (nSPS) is 13.3. The number of hydrogen-bond donors (Lipinski definition) is 0. The van der Waals surface area contributed by atoms with Crippen molar-refractivity contribution in [3.05, 3.63) is 175 Å². The van der Waals surface area contributed by atoms with E-state index in [-0.39, 0.29) is 0 Å². The molecule has 50 heavy (non-hydrogen) atoms. The zero-order valence-electron chi connectivity index (χ0n) is 27.2. The molecule has 7 aromatic rings. The topological polar surface area (TPSA) is 66.5 Å². The number of rotatable bonds is 3. The van der Waals surface area contributed by atoms with E-state index in [2.05, 4.69) is 92.7 Å². The standard InChI is InChI=1S/C44H26N4OP/c1-23-15-19-32-38(39-33(45-32)21-17-27-25-9-3-6-12-30(25)47-42(27)39)37(23)29-11-5-8-14-36(29)50(49)44-24(2)16-20-35-41(44)40-34(46-35)22-18-28-26-10-4-7-13-31(26)48-43(28)40/h3-22H,1-2H3/q+1. The summed E-state index contributed by atoms with van der Waals surface area (Å²) in [6.07, 6.45) is 0. The minimum Gasteiger partial charge on any atom is -0.248 e. The second-order valence-electron chi connectivity index (χ2n) is 13.3. The summed E-state index contributed by atoms with van der Waals surface area (Å²) in [4.78, 5) is 20.4. The molecule has 4 aliphatic heterocycles. The molecule has 0 amide bonds. The quantitative estimate of drug-likeness (QED) is 0.180. The molecule has 0 fully saturated rings. The summed E-state index contributed by atoms with van der Waals surface area (Å²) in [5, 5.41) is 9.77. The minimum absolute atomic E-state index is 0.790. The van der Waals surface area contributed by atoms with E-state index in [4.69, 9.17) is 20.0 Å². The highest BCUT2D eigenvalue weighted by Crippen LogP contribution is 2.48. The van der Waals surface area contributed by atoms with Gasteiger partial charge in [0.1, 0.15) is 0 Å². The Morgan fingerprint density at radius 2 is 0.960 bits per heavy atom. The monoisotopic (exact) mass is 657 g/mol. The smallest absolute Gasteiger partial charge is 0.248 e. The molecule has 0 spiro atoms. The van der Waals surface area contributed by atoms with Crippen molar-refractivity contribution < 1.29 is 4.57 Å². The van der Waals surface area contributed by atoms with Gasteiger partial charge in [-0.3, -0.25) is 0 Å². The summed E-state index contributed by atoms with van der Waals surface area (Å²) in [5.74, 6) is 0. The van der Waals surface area contributed by atoms with E-state index in [0.717, 1.165) is 120 Å². The van der Waals surface area contributed by atoms with Crippen LogP contribution in [0.5, 0.6) is 0 Å². The summed E-state index contributed by atoms with van der Waals surface area (Å²) < 4.78 is 15.4. The number of nitrogens with zero attached hydrogens (tertiary/aromatic N) is 4. The van der Waals surface area contributed by atoms with Crippen LogP contribution in [-0.4, -0.2) is 0 Å². The van der Waals surface area contributed by atoms with Gasteiger partial charge in [-0.05, 0) is 85.6 Å². The fraction of sp³-hybridized carbons (Fsp3) is 0.0455. The van der Waals surface area contributed by atoms with Crippen LogP contribution in [0.3, 0.4) is 0 Å². The maximum atomic E-state index is 15.4. The molecule has 11 rings (SSSR count). The van der Waals surface area contributed by atoms with Gasteiger partial charge in [-0.25, -0.2) is 20.0 Å². The molecule has 0 aliphatic carbocycles. The average molecular weight is 658 g/mol. The lowest BCUT2D eigenvalue weighted by molar-refractivity contribution is 0.598. The lowest BCUT2D eigenvalue weighted by atomic mass is 9.89. The highest BCUT2D eigenvalue weighted by Gasteiger charge is 2.38. The van der Waals surface area contributed by atoms with Crippen molar-refractivity contribution in [2.24, 2.45) is 20.0 Å². The van der Waals surface area contributed by atoms with Gasteiger partial charge in [0.25, 0.3) is 0 Å². The summed E-state index contributed by atoms with van der Waals surface area (Å²) in [6, 6.07) is 41.5. The van der Waals surface area contributed by atoms with Gasteiger partial charge in [0.15, 0.2) is 0 Å². The molecule has 0 aromatic heterocycles. The molecule has 0 saturated carbocycles. The van der Waals surface area contributed by atoms with Crippen molar-refractivity contribution in [3.63, 3.8) is 0 Å². The third-order valence-corrected chi connectivity index (χ3v) is 12.3. The Labute approximate surface area is 286 Å². The predicted molar refractivity (Wildman–Crippen MR) is 197 cm³/mol. The van der Waals surface area contributed by atoms with Crippen molar-refractivity contribution in [3.8, 4) is 33.4 Å². The molecule has 0 bridgehead atoms. The van der Waals surface area contributed by atoms with Crippen LogP contribution in [0.15, 0.2) is 141 Å². The molecule has 1 atom stereocenters. The van der Waals surface area contributed by atoms with E-state index in [0.29, 0.717) is 0 Å². The second kappa shape index (κ2) is 9.94. The molecule has 0 radical (unpaired) electrons. The van der Waals surface area contributed by atoms with Crippen molar-refractivity contribution >= 4 is 41.2 Å². The van der Waals surface area contributed by atoms with Crippen molar-refractivity contribution in [2.45, 2.75) is 13.8 Å². The predicted octanol–water partition coefficient (Wildman–Crippen LogP) is 7.72. The van der Waals surface area contributed by atoms with Gasteiger partial charge in [0.05, 0.1) is 49.7 Å². The fourth-order valence-electron chi connectivity index (χ4n) is 8.26. The van der Waals surface area contributed by atoms with E-state index >= 15 is 4.57 Å². The van der Waals surface area contributed by atoms with Gasteiger partial charge in [-0.15, -0.1) is 0 Å². The van der Waals surface area contributed by atoms with Crippen molar-refractivity contribution in [2.75, 3.05) is 0 Å². The third-order valence-electron chi connectivity index (χ3n) is 10.5. The van der Waals surface area contributed by atoms with E-state index < -0.39 is 7.80 Å². The van der Waals surface area contributed by atoms with Gasteiger partial charge in [0.2, 0.25) is 10.6 Å². The minimum atomic E-state index is -2.06. The molecule has 7 aromatic carbocycles. The number of aryl methyl sites for hydroxylation is 2. The summed E-state index contributed by atoms with van der Waals surface area (Å²) in [7, 11) is -2.06. The van der Waals surface area contributed by atoms with Crippen LogP contribution in [0, 0.1) is 34.7 Å². The summed E-state index contributed by atoms with van der Waals surface area (Å²) in [6.45, 7) is 4.19. The Morgan fingerprint density at radius 1 is 0.420 bits per heavy atom. The van der Waals surface area contributed by atoms with Gasteiger partial charge in [-0.2, -0.15) is 0 Å². The zero-order valence-corrected chi connectivity index (χ0v) is 28.1. The summed E-state index contributed by atoms with van der Waals surface area (Å²) >= 11 is 0. The van der Waals surface area contributed by atoms with E-state index in [1.54, 1.807) is 0 Å². The largest absolute Gasteiger partial charge is 0.416 e. The maximum absolute atomic E-state index is 15.4. The Bertz CT molecular complexity index is 3260. The Balaban J connectivity index is 1.15. The van der Waals surface area contributed by atoms with Gasteiger partial charge < -0.3 is 0 Å². The SMILES string of the molecule is Cc1ccc2c(c1-c1ccccc1[P+](=O)c1c(C)ccc3c1-c1c4c(ccc1=N3)=c1ccccc1=N4)-c1c3c(ccc1=N2)=c1ccccc1=N3. The Hall–Kier alpha value is -6.16. The first-order valence-electron chi connectivity index (χ1n) is 16.8. The lowest BCUT2D eigenvalue weighted by Crippen LogP contribution is -2.16. The molecule has 0 N–H and O–H groups in total. The number of hydrogen-bond acceptors (Lipinski definition) is 5. The lowest BCUT2D eigenvalue weighted by Gasteiger charge is -2.14. The van der Waals surface area contributed by atoms with E-state index in [1.165, 1.54) is 0 Å². The van der Waals surface area contributed by atoms with Crippen LogP contribution in [0.25, 0.3) is 33.4 Å². The first-order chi connectivity index (χ1) is 24.5. The molecular formula is C44H26N4OP+. The third kappa shape index (κ3) is 3.62. The molecule has 0 saturated heterocycles. The molecule has 232 valence electrons. The van der Waals surface area contributed by atoms with E-state index in [9.17, 15) is 0 Å².